The molecule has 0 bridgehead atoms. The summed E-state index contributed by atoms with van der Waals surface area (Å²) in [5.41, 5.74) is 0.944. The fraction of sp³-hybridized carbons (Fsp3) is 0.500. The lowest BCUT2D eigenvalue weighted by Crippen LogP contribution is -2.19. The van der Waals surface area contributed by atoms with E-state index in [1.165, 1.54) is 7.11 Å². The Hall–Kier alpha value is -0.990. The number of hydrogen-bond donors (Lipinski definition) is 1. The largest absolute Gasteiger partial charge is 0.493 e. The highest BCUT2D eigenvalue weighted by atomic mass is 79.9. The van der Waals surface area contributed by atoms with Gasteiger partial charge in [-0.2, -0.15) is 13.2 Å². The highest BCUT2D eigenvalue weighted by molar-refractivity contribution is 9.10. The molecule has 0 aliphatic rings. The summed E-state index contributed by atoms with van der Waals surface area (Å²) in [6, 6.07) is 3.53. The molecule has 0 saturated heterocycles. The van der Waals surface area contributed by atoms with Crippen molar-refractivity contribution in [2.24, 2.45) is 0 Å². The molecule has 1 rings (SSSR count). The summed E-state index contributed by atoms with van der Waals surface area (Å²) in [6.45, 7) is -1.25. The maximum Gasteiger partial charge on any atom is 0.411 e. The molecule has 114 valence electrons. The summed E-state index contributed by atoms with van der Waals surface area (Å²) < 4.78 is 51.1. The molecule has 20 heavy (non-hydrogen) atoms. The zero-order valence-corrected chi connectivity index (χ0v) is 12.6. The molecule has 1 N–H and O–H groups in total. The molecule has 1 aromatic rings. The summed E-state index contributed by atoms with van der Waals surface area (Å²) >= 11 is 3.29. The molecular weight excluding hydrogens is 343 g/mol. The fourth-order valence-corrected chi connectivity index (χ4v) is 2.08. The monoisotopic (exact) mass is 357 g/mol. The molecular formula is C12H15BrF3NO3. The molecule has 0 heterocycles. The summed E-state index contributed by atoms with van der Waals surface area (Å²) in [6.07, 6.45) is -4.37. The minimum absolute atomic E-state index is 0.300. The van der Waals surface area contributed by atoms with Crippen molar-refractivity contribution in [1.82, 2.24) is 5.32 Å². The number of benzene rings is 1. The molecule has 0 radical (unpaired) electrons. The van der Waals surface area contributed by atoms with Gasteiger partial charge in [-0.05, 0) is 40.7 Å². The van der Waals surface area contributed by atoms with Gasteiger partial charge >= 0.3 is 6.18 Å². The van der Waals surface area contributed by atoms with Crippen LogP contribution in [0.3, 0.4) is 0 Å². The number of halogens is 4. The van der Waals surface area contributed by atoms with Gasteiger partial charge in [-0.15, -0.1) is 0 Å². The second kappa shape index (κ2) is 7.70. The van der Waals surface area contributed by atoms with Crippen molar-refractivity contribution in [3.05, 3.63) is 22.2 Å². The Morgan fingerprint density at radius 2 is 2.00 bits per heavy atom. The highest BCUT2D eigenvalue weighted by Gasteiger charge is 2.27. The molecule has 0 spiro atoms. The minimum atomic E-state index is -4.37. The average molecular weight is 358 g/mol. The first-order valence-corrected chi connectivity index (χ1v) is 6.45. The Labute approximate surface area is 123 Å². The van der Waals surface area contributed by atoms with Gasteiger partial charge < -0.3 is 19.5 Å². The van der Waals surface area contributed by atoms with Gasteiger partial charge in [0, 0.05) is 6.54 Å². The second-order valence-corrected chi connectivity index (χ2v) is 4.72. The molecule has 0 atom stereocenters. The Morgan fingerprint density at radius 1 is 1.30 bits per heavy atom. The average Bonchev–Trinajstić information content (AvgIpc) is 2.35. The SMILES string of the molecule is CNCc1cc(Br)c(OCOCC(F)(F)F)c(OC)c1. The van der Waals surface area contributed by atoms with Gasteiger partial charge in [0.25, 0.3) is 0 Å². The van der Waals surface area contributed by atoms with Gasteiger partial charge in [-0.1, -0.05) is 0 Å². The van der Waals surface area contributed by atoms with Crippen LogP contribution in [0.5, 0.6) is 11.5 Å². The minimum Gasteiger partial charge on any atom is -0.493 e. The number of nitrogens with one attached hydrogen (secondary N) is 1. The third kappa shape index (κ3) is 5.56. The molecule has 0 saturated carbocycles. The normalized spacial score (nSPS) is 11.5. The van der Waals surface area contributed by atoms with Crippen molar-refractivity contribution < 1.29 is 27.4 Å². The quantitative estimate of drug-likeness (QED) is 0.601. The van der Waals surface area contributed by atoms with Gasteiger partial charge in [0.1, 0.15) is 6.61 Å². The van der Waals surface area contributed by atoms with E-state index in [0.717, 1.165) is 5.56 Å². The zero-order valence-electron chi connectivity index (χ0n) is 11.0. The third-order valence-corrected chi connectivity index (χ3v) is 2.81. The lowest BCUT2D eigenvalue weighted by molar-refractivity contribution is -0.186. The van der Waals surface area contributed by atoms with Crippen molar-refractivity contribution in [3.63, 3.8) is 0 Å². The van der Waals surface area contributed by atoms with Crippen LogP contribution < -0.4 is 14.8 Å². The molecule has 0 aliphatic carbocycles. The van der Waals surface area contributed by atoms with Crippen LogP contribution in [0, 0.1) is 0 Å². The number of methoxy groups -OCH3 is 1. The standard InChI is InChI=1S/C12H15BrF3NO3/c1-17-5-8-3-9(13)11(10(4-8)18-2)20-7-19-6-12(14,15)16/h3-4,17H,5-7H2,1-2H3. The Balaban J connectivity index is 2.69. The lowest BCUT2D eigenvalue weighted by atomic mass is 10.2. The molecule has 0 amide bonds. The van der Waals surface area contributed by atoms with E-state index >= 15 is 0 Å². The van der Waals surface area contributed by atoms with Gasteiger partial charge in [-0.25, -0.2) is 0 Å². The van der Waals surface area contributed by atoms with Crippen LogP contribution in [0.25, 0.3) is 0 Å². The van der Waals surface area contributed by atoms with Crippen LogP contribution in [0.1, 0.15) is 5.56 Å². The summed E-state index contributed by atoms with van der Waals surface area (Å²) in [7, 11) is 3.25. The van der Waals surface area contributed by atoms with E-state index in [2.05, 4.69) is 26.0 Å². The summed E-state index contributed by atoms with van der Waals surface area (Å²) in [5, 5.41) is 2.98. The van der Waals surface area contributed by atoms with E-state index in [9.17, 15) is 13.2 Å². The van der Waals surface area contributed by atoms with Crippen LogP contribution in [0.15, 0.2) is 16.6 Å². The van der Waals surface area contributed by atoms with Gasteiger partial charge in [0.2, 0.25) is 0 Å². The smallest absolute Gasteiger partial charge is 0.411 e. The summed E-state index contributed by atoms with van der Waals surface area (Å²) in [5.74, 6) is 0.717. The number of ether oxygens (including phenoxy) is 3. The van der Waals surface area contributed by atoms with Gasteiger partial charge in [0.05, 0.1) is 11.6 Å². The summed E-state index contributed by atoms with van der Waals surface area (Å²) in [4.78, 5) is 0. The first-order valence-electron chi connectivity index (χ1n) is 5.65. The van der Waals surface area contributed by atoms with Crippen molar-refractivity contribution in [1.29, 1.82) is 0 Å². The van der Waals surface area contributed by atoms with Crippen LogP contribution >= 0.6 is 15.9 Å². The van der Waals surface area contributed by atoms with E-state index in [1.54, 1.807) is 19.2 Å². The molecule has 4 nitrogen and oxygen atoms in total. The number of hydrogen-bond acceptors (Lipinski definition) is 4. The van der Waals surface area contributed by atoms with Crippen LogP contribution in [0.2, 0.25) is 0 Å². The molecule has 8 heteroatoms. The molecule has 0 aromatic heterocycles. The topological polar surface area (TPSA) is 39.7 Å². The number of rotatable bonds is 7. The first-order chi connectivity index (χ1) is 9.37. The maximum atomic E-state index is 11.9. The van der Waals surface area contributed by atoms with Crippen molar-refractivity contribution in [3.8, 4) is 11.5 Å². The Kier molecular flexibility index (Phi) is 6.57. The maximum absolute atomic E-state index is 11.9. The molecule has 0 unspecified atom stereocenters. The number of alkyl halides is 3. The fourth-order valence-electron chi connectivity index (χ4n) is 1.48. The molecule has 0 fully saturated rings. The lowest BCUT2D eigenvalue weighted by Gasteiger charge is -2.15. The van der Waals surface area contributed by atoms with E-state index in [4.69, 9.17) is 9.47 Å². The third-order valence-electron chi connectivity index (χ3n) is 2.22. The zero-order chi connectivity index (χ0) is 15.2. The predicted molar refractivity (Wildman–Crippen MR) is 71.0 cm³/mol. The Bertz CT molecular complexity index is 441. The Morgan fingerprint density at radius 3 is 2.55 bits per heavy atom. The molecule has 0 aliphatic heterocycles. The second-order valence-electron chi connectivity index (χ2n) is 3.87. The molecule has 1 aromatic carbocycles. The highest BCUT2D eigenvalue weighted by Crippen LogP contribution is 2.36. The van der Waals surface area contributed by atoms with Gasteiger partial charge in [0.15, 0.2) is 18.3 Å². The first kappa shape index (κ1) is 17.1. The van der Waals surface area contributed by atoms with Gasteiger partial charge in [-0.3, -0.25) is 0 Å². The van der Waals surface area contributed by atoms with Crippen LogP contribution in [-0.2, 0) is 11.3 Å². The van der Waals surface area contributed by atoms with Crippen molar-refractivity contribution in [2.45, 2.75) is 12.7 Å². The predicted octanol–water partition coefficient (Wildman–Crippen LogP) is 3.09. The van der Waals surface area contributed by atoms with E-state index in [1.807, 2.05) is 0 Å². The van der Waals surface area contributed by atoms with E-state index < -0.39 is 19.6 Å². The van der Waals surface area contributed by atoms with Crippen LogP contribution in [-0.4, -0.2) is 33.7 Å². The van der Waals surface area contributed by atoms with E-state index in [-0.39, 0.29) is 0 Å². The van der Waals surface area contributed by atoms with Crippen LogP contribution in [0.4, 0.5) is 13.2 Å². The van der Waals surface area contributed by atoms with Crippen molar-refractivity contribution >= 4 is 15.9 Å². The van der Waals surface area contributed by atoms with Crippen molar-refractivity contribution in [2.75, 3.05) is 27.6 Å². The van der Waals surface area contributed by atoms with E-state index in [0.29, 0.717) is 22.5 Å².